The fourth-order valence-corrected chi connectivity index (χ4v) is 2.46. The summed E-state index contributed by atoms with van der Waals surface area (Å²) in [5.74, 6) is 0.263. The van der Waals surface area contributed by atoms with Crippen molar-refractivity contribution < 1.29 is 19.4 Å². The normalized spacial score (nSPS) is 13.9. The highest BCUT2D eigenvalue weighted by Gasteiger charge is 2.26. The third-order valence-electron chi connectivity index (χ3n) is 2.61. The summed E-state index contributed by atoms with van der Waals surface area (Å²) in [6.45, 7) is 4.81. The van der Waals surface area contributed by atoms with E-state index in [0.29, 0.717) is 34.7 Å². The Bertz CT molecular complexity index is 468. The number of ether oxygens (including phenoxy) is 2. The predicted molar refractivity (Wildman–Crippen MR) is 66.2 cm³/mol. The van der Waals surface area contributed by atoms with E-state index in [0.717, 1.165) is 0 Å². The fraction of sp³-hybridized carbons (Fsp3) is 0.417. The third kappa shape index (κ3) is 2.11. The molecule has 1 aliphatic heterocycles. The van der Waals surface area contributed by atoms with Gasteiger partial charge >= 0.3 is 5.97 Å². The molecule has 1 heterocycles. The number of aromatic carboxylic acids is 1. The van der Waals surface area contributed by atoms with Crippen molar-refractivity contribution in [3.63, 3.8) is 0 Å². The SMILES string of the molecule is CC(C)c1c(C(=O)O)cc(Br)c2c1OCCO2. The Hall–Kier alpha value is -1.23. The van der Waals surface area contributed by atoms with E-state index in [9.17, 15) is 9.90 Å². The minimum absolute atomic E-state index is 0.0599. The highest BCUT2D eigenvalue weighted by molar-refractivity contribution is 9.10. The van der Waals surface area contributed by atoms with Crippen LogP contribution in [0, 0.1) is 0 Å². The molecule has 4 nitrogen and oxygen atoms in total. The van der Waals surface area contributed by atoms with Crippen LogP contribution in [-0.2, 0) is 0 Å². The summed E-state index contributed by atoms with van der Waals surface area (Å²) >= 11 is 3.32. The van der Waals surface area contributed by atoms with Gasteiger partial charge in [-0.15, -0.1) is 0 Å². The molecule has 1 aliphatic rings. The van der Waals surface area contributed by atoms with Gasteiger partial charge in [0.25, 0.3) is 0 Å². The number of benzene rings is 1. The number of fused-ring (bicyclic) bond motifs is 1. The second-order valence-corrected chi connectivity index (χ2v) is 4.99. The molecule has 0 atom stereocenters. The Balaban J connectivity index is 2.71. The zero-order valence-corrected chi connectivity index (χ0v) is 11.2. The quantitative estimate of drug-likeness (QED) is 0.912. The fourth-order valence-electron chi connectivity index (χ4n) is 1.94. The molecule has 0 spiro atoms. The average Bonchev–Trinajstić information content (AvgIpc) is 2.28. The van der Waals surface area contributed by atoms with E-state index in [1.54, 1.807) is 6.07 Å². The van der Waals surface area contributed by atoms with Crippen LogP contribution in [0.1, 0.15) is 35.7 Å². The molecule has 92 valence electrons. The summed E-state index contributed by atoms with van der Waals surface area (Å²) < 4.78 is 11.7. The van der Waals surface area contributed by atoms with Gasteiger partial charge in [-0.3, -0.25) is 0 Å². The summed E-state index contributed by atoms with van der Waals surface area (Å²) in [5.41, 5.74) is 0.950. The van der Waals surface area contributed by atoms with Gasteiger partial charge in [0.2, 0.25) is 0 Å². The number of halogens is 1. The molecule has 0 bridgehead atoms. The second kappa shape index (κ2) is 4.56. The minimum Gasteiger partial charge on any atom is -0.486 e. The van der Waals surface area contributed by atoms with Crippen LogP contribution in [0.5, 0.6) is 11.5 Å². The van der Waals surface area contributed by atoms with Crippen molar-refractivity contribution in [3.8, 4) is 11.5 Å². The molecule has 1 aromatic rings. The monoisotopic (exact) mass is 300 g/mol. The van der Waals surface area contributed by atoms with E-state index in [-0.39, 0.29) is 11.5 Å². The van der Waals surface area contributed by atoms with Gasteiger partial charge in [0, 0.05) is 5.56 Å². The van der Waals surface area contributed by atoms with Crippen molar-refractivity contribution >= 4 is 21.9 Å². The Labute approximate surface area is 108 Å². The maximum atomic E-state index is 11.2. The van der Waals surface area contributed by atoms with E-state index >= 15 is 0 Å². The van der Waals surface area contributed by atoms with Gasteiger partial charge in [0.05, 0.1) is 10.0 Å². The summed E-state index contributed by atoms with van der Waals surface area (Å²) in [6, 6.07) is 1.57. The number of hydrogen-bond acceptors (Lipinski definition) is 3. The van der Waals surface area contributed by atoms with Crippen LogP contribution in [0.3, 0.4) is 0 Å². The lowest BCUT2D eigenvalue weighted by atomic mass is 9.95. The molecule has 1 aromatic carbocycles. The number of carboxylic acids is 1. The van der Waals surface area contributed by atoms with Crippen molar-refractivity contribution in [2.24, 2.45) is 0 Å². The smallest absolute Gasteiger partial charge is 0.336 e. The molecule has 17 heavy (non-hydrogen) atoms. The molecule has 0 aliphatic carbocycles. The first-order valence-corrected chi connectivity index (χ1v) is 6.17. The lowest BCUT2D eigenvalue weighted by Crippen LogP contribution is -2.19. The van der Waals surface area contributed by atoms with Crippen molar-refractivity contribution in [3.05, 3.63) is 21.7 Å². The van der Waals surface area contributed by atoms with E-state index in [1.807, 2.05) is 13.8 Å². The summed E-state index contributed by atoms with van der Waals surface area (Å²) in [4.78, 5) is 11.2. The molecule has 0 fully saturated rings. The van der Waals surface area contributed by atoms with E-state index in [2.05, 4.69) is 15.9 Å². The molecule has 0 radical (unpaired) electrons. The van der Waals surface area contributed by atoms with Crippen molar-refractivity contribution in [1.82, 2.24) is 0 Å². The highest BCUT2D eigenvalue weighted by Crippen LogP contribution is 2.44. The predicted octanol–water partition coefficient (Wildman–Crippen LogP) is 3.04. The van der Waals surface area contributed by atoms with Crippen LogP contribution in [0.4, 0.5) is 0 Å². The Kier molecular flexibility index (Phi) is 3.28. The minimum atomic E-state index is -0.952. The Morgan fingerprint density at radius 3 is 2.47 bits per heavy atom. The highest BCUT2D eigenvalue weighted by atomic mass is 79.9. The molecular weight excluding hydrogens is 288 g/mol. The number of carbonyl (C=O) groups is 1. The van der Waals surface area contributed by atoms with Crippen molar-refractivity contribution in [2.75, 3.05) is 13.2 Å². The lowest BCUT2D eigenvalue weighted by molar-refractivity contribution is 0.0693. The van der Waals surface area contributed by atoms with Gasteiger partial charge in [-0.25, -0.2) is 4.79 Å². The van der Waals surface area contributed by atoms with Gasteiger partial charge in [0.15, 0.2) is 11.5 Å². The zero-order chi connectivity index (χ0) is 12.6. The third-order valence-corrected chi connectivity index (χ3v) is 3.20. The molecule has 0 saturated heterocycles. The van der Waals surface area contributed by atoms with Crippen LogP contribution >= 0.6 is 15.9 Å². The summed E-state index contributed by atoms with van der Waals surface area (Å²) in [7, 11) is 0. The molecule has 0 unspecified atom stereocenters. The van der Waals surface area contributed by atoms with Crippen LogP contribution in [0.15, 0.2) is 10.5 Å². The van der Waals surface area contributed by atoms with Crippen LogP contribution in [0.25, 0.3) is 0 Å². The molecule has 1 N–H and O–H groups in total. The Morgan fingerprint density at radius 2 is 1.94 bits per heavy atom. The Morgan fingerprint density at radius 1 is 1.35 bits per heavy atom. The topological polar surface area (TPSA) is 55.8 Å². The molecule has 5 heteroatoms. The largest absolute Gasteiger partial charge is 0.486 e. The van der Waals surface area contributed by atoms with E-state index < -0.39 is 5.97 Å². The first-order valence-electron chi connectivity index (χ1n) is 5.37. The van der Waals surface area contributed by atoms with Gasteiger partial charge in [0.1, 0.15) is 13.2 Å². The molecule has 2 rings (SSSR count). The number of carboxylic acid groups (broad SMARTS) is 1. The molecular formula is C12H13BrO4. The van der Waals surface area contributed by atoms with E-state index in [4.69, 9.17) is 9.47 Å². The maximum Gasteiger partial charge on any atom is 0.336 e. The van der Waals surface area contributed by atoms with Crippen LogP contribution in [0.2, 0.25) is 0 Å². The van der Waals surface area contributed by atoms with Gasteiger partial charge in [-0.1, -0.05) is 13.8 Å². The average molecular weight is 301 g/mol. The lowest BCUT2D eigenvalue weighted by Gasteiger charge is -2.25. The summed E-state index contributed by atoms with van der Waals surface area (Å²) in [6.07, 6.45) is 0. The van der Waals surface area contributed by atoms with Crippen LogP contribution < -0.4 is 9.47 Å². The zero-order valence-electron chi connectivity index (χ0n) is 9.62. The number of hydrogen-bond donors (Lipinski definition) is 1. The molecule has 0 aromatic heterocycles. The first kappa shape index (κ1) is 12.2. The van der Waals surface area contributed by atoms with Gasteiger partial charge in [-0.05, 0) is 27.9 Å². The van der Waals surface area contributed by atoms with Gasteiger partial charge in [-0.2, -0.15) is 0 Å². The second-order valence-electron chi connectivity index (χ2n) is 4.13. The first-order chi connectivity index (χ1) is 8.02. The molecule has 0 amide bonds. The van der Waals surface area contributed by atoms with Gasteiger partial charge < -0.3 is 14.6 Å². The van der Waals surface area contributed by atoms with Crippen molar-refractivity contribution in [2.45, 2.75) is 19.8 Å². The number of rotatable bonds is 2. The maximum absolute atomic E-state index is 11.2. The van der Waals surface area contributed by atoms with E-state index in [1.165, 1.54) is 0 Å². The standard InChI is InChI=1S/C12H13BrO4/c1-6(2)9-7(12(14)15)5-8(13)10-11(9)17-4-3-16-10/h5-6H,3-4H2,1-2H3,(H,14,15). The van der Waals surface area contributed by atoms with Crippen LogP contribution in [-0.4, -0.2) is 24.3 Å². The van der Waals surface area contributed by atoms with Crippen molar-refractivity contribution in [1.29, 1.82) is 0 Å². The summed E-state index contributed by atoms with van der Waals surface area (Å²) in [5, 5.41) is 9.22. The molecule has 0 saturated carbocycles.